The van der Waals surface area contributed by atoms with E-state index in [0.717, 1.165) is 11.3 Å². The molecule has 2 heterocycles. The number of rotatable bonds is 5. The predicted molar refractivity (Wildman–Crippen MR) is 72.7 cm³/mol. The fraction of sp³-hybridized carbons (Fsp3) is 0.500. The molecule has 0 bridgehead atoms. The van der Waals surface area contributed by atoms with Crippen LogP contribution in [0.2, 0.25) is 0 Å². The van der Waals surface area contributed by atoms with Crippen LogP contribution < -0.4 is 4.72 Å². The highest BCUT2D eigenvalue weighted by Gasteiger charge is 2.31. The molecule has 6 nitrogen and oxygen atoms in total. The number of hydrogen-bond donors (Lipinski definition) is 2. The Morgan fingerprint density at radius 3 is 2.84 bits per heavy atom. The molecule has 9 heteroatoms. The molecule has 1 aliphatic heterocycles. The second kappa shape index (κ2) is 5.88. The third-order valence-electron chi connectivity index (χ3n) is 2.71. The predicted octanol–water partition coefficient (Wildman–Crippen LogP) is 1.42. The number of thiophene rings is 1. The van der Waals surface area contributed by atoms with Crippen molar-refractivity contribution in [3.63, 3.8) is 0 Å². The monoisotopic (exact) mass is 369 g/mol. The van der Waals surface area contributed by atoms with Gasteiger partial charge < -0.3 is 9.84 Å². The summed E-state index contributed by atoms with van der Waals surface area (Å²) in [4.78, 5) is 10.7. The van der Waals surface area contributed by atoms with Gasteiger partial charge in [-0.15, -0.1) is 11.3 Å². The van der Waals surface area contributed by atoms with Crippen LogP contribution in [0.4, 0.5) is 0 Å². The van der Waals surface area contributed by atoms with E-state index in [4.69, 9.17) is 9.84 Å². The summed E-state index contributed by atoms with van der Waals surface area (Å²) < 4.78 is 32.4. The van der Waals surface area contributed by atoms with Gasteiger partial charge in [-0.1, -0.05) is 0 Å². The van der Waals surface area contributed by atoms with Gasteiger partial charge in [0.05, 0.1) is 6.10 Å². The van der Waals surface area contributed by atoms with Gasteiger partial charge in [0.25, 0.3) is 10.0 Å². The van der Waals surface area contributed by atoms with E-state index in [1.54, 1.807) is 11.4 Å². The summed E-state index contributed by atoms with van der Waals surface area (Å²) in [6, 6.07) is 1.66. The smallest absolute Gasteiger partial charge is 0.332 e. The lowest BCUT2D eigenvalue weighted by Crippen LogP contribution is -2.32. The summed E-state index contributed by atoms with van der Waals surface area (Å²) in [6.07, 6.45) is -0.284. The summed E-state index contributed by atoms with van der Waals surface area (Å²) >= 11 is 4.28. The number of carboxylic acids is 1. The van der Waals surface area contributed by atoms with E-state index < -0.39 is 28.2 Å². The summed E-state index contributed by atoms with van der Waals surface area (Å²) in [6.45, 7) is 0.0798. The molecule has 1 aliphatic rings. The van der Waals surface area contributed by atoms with E-state index >= 15 is 0 Å². The number of carboxylic acid groups (broad SMARTS) is 1. The largest absolute Gasteiger partial charge is 0.479 e. The summed E-state index contributed by atoms with van der Waals surface area (Å²) in [7, 11) is -3.58. The topological polar surface area (TPSA) is 92.7 Å². The molecule has 19 heavy (non-hydrogen) atoms. The molecule has 1 saturated heterocycles. The van der Waals surface area contributed by atoms with Crippen LogP contribution in [0.5, 0.6) is 0 Å². The van der Waals surface area contributed by atoms with Crippen molar-refractivity contribution >= 4 is 43.3 Å². The van der Waals surface area contributed by atoms with E-state index in [-0.39, 0.29) is 10.8 Å². The zero-order valence-electron chi connectivity index (χ0n) is 9.71. The molecule has 106 valence electrons. The normalized spacial score (nSPS) is 23.6. The molecule has 0 radical (unpaired) electrons. The first-order valence-electron chi connectivity index (χ1n) is 5.51. The Kier molecular flexibility index (Phi) is 4.62. The lowest BCUT2D eigenvalue weighted by Gasteiger charge is -2.12. The Morgan fingerprint density at radius 2 is 2.32 bits per heavy atom. The van der Waals surface area contributed by atoms with Crippen LogP contribution in [-0.2, 0) is 19.6 Å². The molecule has 1 fully saturated rings. The lowest BCUT2D eigenvalue weighted by atomic mass is 10.2. The van der Waals surface area contributed by atoms with E-state index in [9.17, 15) is 13.2 Å². The van der Waals surface area contributed by atoms with Gasteiger partial charge in [0.1, 0.15) is 4.21 Å². The van der Waals surface area contributed by atoms with Gasteiger partial charge >= 0.3 is 5.97 Å². The third-order valence-corrected chi connectivity index (χ3v) is 6.81. The molecule has 0 aliphatic carbocycles. The van der Waals surface area contributed by atoms with Crippen molar-refractivity contribution in [1.29, 1.82) is 0 Å². The number of carbonyl (C=O) groups is 1. The van der Waals surface area contributed by atoms with Gasteiger partial charge in [0, 0.05) is 11.0 Å². The molecule has 0 aromatic carbocycles. The van der Waals surface area contributed by atoms with Crippen molar-refractivity contribution in [2.24, 2.45) is 0 Å². The number of aliphatic carboxylic acids is 1. The lowest BCUT2D eigenvalue weighted by molar-refractivity contribution is -0.149. The zero-order valence-corrected chi connectivity index (χ0v) is 12.9. The molecule has 0 spiro atoms. The number of ether oxygens (including phenoxy) is 1. The Labute approximate surface area is 123 Å². The van der Waals surface area contributed by atoms with Gasteiger partial charge in [-0.2, -0.15) is 0 Å². The quantitative estimate of drug-likeness (QED) is 0.818. The van der Waals surface area contributed by atoms with Crippen molar-refractivity contribution in [2.45, 2.75) is 29.3 Å². The number of nitrogens with one attached hydrogen (secondary N) is 1. The first kappa shape index (κ1) is 14.9. The van der Waals surface area contributed by atoms with E-state index in [1.807, 2.05) is 0 Å². The molecule has 1 aromatic heterocycles. The maximum Gasteiger partial charge on any atom is 0.332 e. The van der Waals surface area contributed by atoms with E-state index in [1.165, 1.54) is 0 Å². The Bertz CT molecular complexity index is 570. The SMILES string of the molecule is O=C(O)C1CCC(CNS(=O)(=O)c2sccc2Br)O1. The van der Waals surface area contributed by atoms with Gasteiger partial charge in [-0.3, -0.25) is 0 Å². The molecular formula is C10H12BrNO5S2. The van der Waals surface area contributed by atoms with Crippen molar-refractivity contribution in [1.82, 2.24) is 4.72 Å². The van der Waals surface area contributed by atoms with Crippen LogP contribution in [0.1, 0.15) is 12.8 Å². The van der Waals surface area contributed by atoms with Crippen molar-refractivity contribution in [3.05, 3.63) is 15.9 Å². The van der Waals surface area contributed by atoms with Gasteiger partial charge in [0.15, 0.2) is 6.10 Å². The highest BCUT2D eigenvalue weighted by Crippen LogP contribution is 2.27. The maximum atomic E-state index is 12.0. The molecule has 1 aromatic rings. The first-order valence-corrected chi connectivity index (χ1v) is 8.66. The number of sulfonamides is 1. The van der Waals surface area contributed by atoms with Gasteiger partial charge in [-0.05, 0) is 40.2 Å². The van der Waals surface area contributed by atoms with Crippen molar-refractivity contribution in [2.75, 3.05) is 6.54 Å². The van der Waals surface area contributed by atoms with Crippen LogP contribution in [0.15, 0.2) is 20.1 Å². The molecule has 0 saturated carbocycles. The molecule has 2 unspecified atom stereocenters. The molecule has 2 N–H and O–H groups in total. The number of halogens is 1. The van der Waals surface area contributed by atoms with Crippen LogP contribution in [0, 0.1) is 0 Å². The molecule has 0 amide bonds. The Morgan fingerprint density at radius 1 is 1.58 bits per heavy atom. The van der Waals surface area contributed by atoms with Gasteiger partial charge in [0.2, 0.25) is 0 Å². The van der Waals surface area contributed by atoms with Crippen LogP contribution in [0.25, 0.3) is 0 Å². The van der Waals surface area contributed by atoms with Crippen LogP contribution >= 0.6 is 27.3 Å². The summed E-state index contributed by atoms with van der Waals surface area (Å²) in [5, 5.41) is 10.4. The number of hydrogen-bond acceptors (Lipinski definition) is 5. The summed E-state index contributed by atoms with van der Waals surface area (Å²) in [5.41, 5.74) is 0. The fourth-order valence-corrected chi connectivity index (χ4v) is 5.22. The molecular weight excluding hydrogens is 358 g/mol. The molecule has 2 atom stereocenters. The second-order valence-corrected chi connectivity index (χ2v) is 7.80. The first-order chi connectivity index (χ1) is 8.90. The highest BCUT2D eigenvalue weighted by molar-refractivity contribution is 9.10. The fourth-order valence-electron chi connectivity index (χ4n) is 1.78. The van der Waals surface area contributed by atoms with E-state index in [0.29, 0.717) is 17.3 Å². The average molecular weight is 370 g/mol. The standard InChI is InChI=1S/C10H12BrNO5S2/c11-7-3-4-18-10(7)19(15,16)12-5-6-1-2-8(17-6)9(13)14/h3-4,6,8,12H,1-2,5H2,(H,13,14). The average Bonchev–Trinajstić information content (AvgIpc) is 2.95. The van der Waals surface area contributed by atoms with Crippen LogP contribution in [-0.4, -0.2) is 38.2 Å². The minimum absolute atomic E-state index is 0.0798. The maximum absolute atomic E-state index is 12.0. The van der Waals surface area contributed by atoms with Crippen LogP contribution in [0.3, 0.4) is 0 Å². The van der Waals surface area contributed by atoms with Gasteiger partial charge in [-0.25, -0.2) is 17.9 Å². The molecule has 2 rings (SSSR count). The van der Waals surface area contributed by atoms with Crippen molar-refractivity contribution < 1.29 is 23.1 Å². The zero-order chi connectivity index (χ0) is 14.0. The van der Waals surface area contributed by atoms with E-state index in [2.05, 4.69) is 20.7 Å². The highest BCUT2D eigenvalue weighted by atomic mass is 79.9. The third kappa shape index (κ3) is 3.54. The Hall–Kier alpha value is -0.480. The Balaban J connectivity index is 1.93. The minimum Gasteiger partial charge on any atom is -0.479 e. The van der Waals surface area contributed by atoms with Crippen molar-refractivity contribution in [3.8, 4) is 0 Å². The summed E-state index contributed by atoms with van der Waals surface area (Å²) in [5.74, 6) is -1.01. The minimum atomic E-state index is -3.58. The second-order valence-electron chi connectivity index (χ2n) is 4.07.